The molecule has 0 saturated carbocycles. The molecule has 0 aliphatic carbocycles. The Balaban J connectivity index is 1.62. The van der Waals surface area contributed by atoms with Crippen LogP contribution in [-0.4, -0.2) is 39.6 Å². The van der Waals surface area contributed by atoms with Gasteiger partial charge in [-0.1, -0.05) is 42.5 Å². The van der Waals surface area contributed by atoms with Gasteiger partial charge in [-0.3, -0.25) is 4.90 Å². The molecule has 128 valence electrons. The van der Waals surface area contributed by atoms with E-state index >= 15 is 0 Å². The standard InChI is InChI=1S/C18H22N2O3S/c21-24(22,18-7-2-1-3-8-18)19-14-16-5-4-6-17(13-16)15-20-9-11-23-12-10-20/h1-8,13,19H,9-12,14-15H2. The van der Waals surface area contributed by atoms with Crippen LogP contribution in [0.1, 0.15) is 11.1 Å². The van der Waals surface area contributed by atoms with Gasteiger partial charge in [0.15, 0.2) is 0 Å². The lowest BCUT2D eigenvalue weighted by Crippen LogP contribution is -2.35. The number of nitrogens with one attached hydrogen (secondary N) is 1. The summed E-state index contributed by atoms with van der Waals surface area (Å²) in [5, 5.41) is 0. The van der Waals surface area contributed by atoms with Crippen LogP contribution in [0, 0.1) is 0 Å². The van der Waals surface area contributed by atoms with Gasteiger partial charge in [-0.2, -0.15) is 0 Å². The minimum atomic E-state index is -3.48. The van der Waals surface area contributed by atoms with Crippen molar-refractivity contribution in [1.82, 2.24) is 9.62 Å². The van der Waals surface area contributed by atoms with Crippen molar-refractivity contribution in [3.8, 4) is 0 Å². The van der Waals surface area contributed by atoms with Crippen molar-refractivity contribution in [3.63, 3.8) is 0 Å². The van der Waals surface area contributed by atoms with Crippen molar-refractivity contribution < 1.29 is 13.2 Å². The molecule has 0 unspecified atom stereocenters. The smallest absolute Gasteiger partial charge is 0.240 e. The van der Waals surface area contributed by atoms with Crippen LogP contribution < -0.4 is 4.72 Å². The molecule has 0 bridgehead atoms. The zero-order chi connectivity index (χ0) is 16.8. The molecule has 1 fully saturated rings. The van der Waals surface area contributed by atoms with Crippen LogP contribution in [0.3, 0.4) is 0 Å². The molecule has 0 radical (unpaired) electrons. The van der Waals surface area contributed by atoms with Gasteiger partial charge in [0, 0.05) is 26.2 Å². The van der Waals surface area contributed by atoms with E-state index in [0.29, 0.717) is 0 Å². The first-order chi connectivity index (χ1) is 11.6. The Labute approximate surface area is 143 Å². The van der Waals surface area contributed by atoms with Gasteiger partial charge in [0.25, 0.3) is 0 Å². The average Bonchev–Trinajstić information content (AvgIpc) is 2.62. The monoisotopic (exact) mass is 346 g/mol. The minimum absolute atomic E-state index is 0.286. The SMILES string of the molecule is O=S(=O)(NCc1cccc(CN2CCOCC2)c1)c1ccccc1. The number of ether oxygens (including phenoxy) is 1. The molecule has 3 rings (SSSR count). The third kappa shape index (κ3) is 4.64. The Bertz CT molecular complexity index is 757. The largest absolute Gasteiger partial charge is 0.379 e. The van der Waals surface area contributed by atoms with Crippen LogP contribution in [0.2, 0.25) is 0 Å². The Kier molecular flexibility index (Phi) is 5.63. The lowest BCUT2D eigenvalue weighted by molar-refractivity contribution is 0.0342. The molecule has 1 aliphatic rings. The maximum atomic E-state index is 12.3. The zero-order valence-corrected chi connectivity index (χ0v) is 14.3. The van der Waals surface area contributed by atoms with E-state index in [0.717, 1.165) is 38.4 Å². The fourth-order valence-electron chi connectivity index (χ4n) is 2.72. The topological polar surface area (TPSA) is 58.6 Å². The second-order valence-corrected chi connectivity index (χ2v) is 7.61. The van der Waals surface area contributed by atoms with E-state index in [-0.39, 0.29) is 11.4 Å². The number of rotatable bonds is 6. The maximum absolute atomic E-state index is 12.3. The Morgan fingerprint density at radius 2 is 1.67 bits per heavy atom. The number of hydrogen-bond donors (Lipinski definition) is 1. The number of benzene rings is 2. The molecule has 0 spiro atoms. The summed E-state index contributed by atoms with van der Waals surface area (Å²) in [5.74, 6) is 0. The van der Waals surface area contributed by atoms with E-state index in [9.17, 15) is 8.42 Å². The van der Waals surface area contributed by atoms with Crippen LogP contribution >= 0.6 is 0 Å². The second kappa shape index (κ2) is 7.90. The summed E-state index contributed by atoms with van der Waals surface area (Å²) in [6.07, 6.45) is 0. The molecule has 2 aromatic rings. The average molecular weight is 346 g/mol. The zero-order valence-electron chi connectivity index (χ0n) is 13.5. The van der Waals surface area contributed by atoms with E-state index in [4.69, 9.17) is 4.74 Å². The number of hydrogen-bond acceptors (Lipinski definition) is 4. The van der Waals surface area contributed by atoms with Gasteiger partial charge in [0.2, 0.25) is 10.0 Å². The molecule has 6 heteroatoms. The third-order valence-electron chi connectivity index (χ3n) is 4.02. The summed E-state index contributed by atoms with van der Waals surface area (Å²) < 4.78 is 32.6. The lowest BCUT2D eigenvalue weighted by Gasteiger charge is -2.26. The van der Waals surface area contributed by atoms with Crippen LogP contribution in [0.25, 0.3) is 0 Å². The third-order valence-corrected chi connectivity index (χ3v) is 5.44. The fraction of sp³-hybridized carbons (Fsp3) is 0.333. The van der Waals surface area contributed by atoms with E-state index in [1.54, 1.807) is 30.3 Å². The van der Waals surface area contributed by atoms with E-state index < -0.39 is 10.0 Å². The lowest BCUT2D eigenvalue weighted by atomic mass is 10.1. The number of sulfonamides is 1. The summed E-state index contributed by atoms with van der Waals surface area (Å²) in [5.41, 5.74) is 2.15. The summed E-state index contributed by atoms with van der Waals surface area (Å²) in [6.45, 7) is 4.57. The van der Waals surface area contributed by atoms with Crippen molar-refractivity contribution in [1.29, 1.82) is 0 Å². The Hall–Kier alpha value is -1.73. The molecule has 1 N–H and O–H groups in total. The first kappa shape index (κ1) is 17.1. The predicted molar refractivity (Wildman–Crippen MR) is 93.0 cm³/mol. The Morgan fingerprint density at radius 3 is 2.42 bits per heavy atom. The summed E-state index contributed by atoms with van der Waals surface area (Å²) in [6, 6.07) is 16.5. The maximum Gasteiger partial charge on any atom is 0.240 e. The summed E-state index contributed by atoms with van der Waals surface area (Å²) >= 11 is 0. The van der Waals surface area contributed by atoms with Gasteiger partial charge in [0.1, 0.15) is 0 Å². The van der Waals surface area contributed by atoms with Gasteiger partial charge in [-0.05, 0) is 23.3 Å². The molecule has 0 atom stereocenters. The van der Waals surface area contributed by atoms with Gasteiger partial charge in [-0.25, -0.2) is 13.1 Å². The molecule has 2 aromatic carbocycles. The van der Waals surface area contributed by atoms with Crippen LogP contribution in [0.4, 0.5) is 0 Å². The molecule has 0 amide bonds. The molecule has 1 saturated heterocycles. The van der Waals surface area contributed by atoms with E-state index in [1.807, 2.05) is 12.1 Å². The van der Waals surface area contributed by atoms with Crippen molar-refractivity contribution in [2.45, 2.75) is 18.0 Å². The fourth-order valence-corrected chi connectivity index (χ4v) is 3.76. The number of nitrogens with zero attached hydrogens (tertiary/aromatic N) is 1. The molecule has 0 aromatic heterocycles. The van der Waals surface area contributed by atoms with E-state index in [1.165, 1.54) is 5.56 Å². The summed E-state index contributed by atoms with van der Waals surface area (Å²) in [7, 11) is -3.48. The van der Waals surface area contributed by atoms with E-state index in [2.05, 4.69) is 21.8 Å². The van der Waals surface area contributed by atoms with Crippen LogP contribution in [0.15, 0.2) is 59.5 Å². The summed E-state index contributed by atoms with van der Waals surface area (Å²) in [4.78, 5) is 2.63. The minimum Gasteiger partial charge on any atom is -0.379 e. The van der Waals surface area contributed by atoms with Crippen molar-refractivity contribution in [2.75, 3.05) is 26.3 Å². The number of morpholine rings is 1. The highest BCUT2D eigenvalue weighted by atomic mass is 32.2. The highest BCUT2D eigenvalue weighted by Gasteiger charge is 2.14. The molecule has 5 nitrogen and oxygen atoms in total. The van der Waals surface area contributed by atoms with Crippen molar-refractivity contribution in [3.05, 3.63) is 65.7 Å². The van der Waals surface area contributed by atoms with Gasteiger partial charge < -0.3 is 4.74 Å². The molecule has 24 heavy (non-hydrogen) atoms. The molecule has 1 aliphatic heterocycles. The van der Waals surface area contributed by atoms with Crippen molar-refractivity contribution in [2.24, 2.45) is 0 Å². The second-order valence-electron chi connectivity index (χ2n) is 5.85. The highest BCUT2D eigenvalue weighted by Crippen LogP contribution is 2.12. The van der Waals surface area contributed by atoms with Crippen molar-refractivity contribution >= 4 is 10.0 Å². The van der Waals surface area contributed by atoms with Crippen LogP contribution in [-0.2, 0) is 27.8 Å². The molecule has 1 heterocycles. The Morgan fingerprint density at radius 1 is 0.958 bits per heavy atom. The predicted octanol–water partition coefficient (Wildman–Crippen LogP) is 2.00. The normalized spacial score (nSPS) is 16.2. The highest BCUT2D eigenvalue weighted by molar-refractivity contribution is 7.89. The van der Waals surface area contributed by atoms with Crippen LogP contribution in [0.5, 0.6) is 0 Å². The van der Waals surface area contributed by atoms with Gasteiger partial charge in [0.05, 0.1) is 18.1 Å². The first-order valence-corrected chi connectivity index (χ1v) is 9.54. The van der Waals surface area contributed by atoms with Gasteiger partial charge >= 0.3 is 0 Å². The quantitative estimate of drug-likeness (QED) is 0.869. The van der Waals surface area contributed by atoms with Gasteiger partial charge in [-0.15, -0.1) is 0 Å². The molecular weight excluding hydrogens is 324 g/mol. The molecular formula is C18H22N2O3S. The first-order valence-electron chi connectivity index (χ1n) is 8.06.